The van der Waals surface area contributed by atoms with E-state index in [1.807, 2.05) is 0 Å². The third-order valence-electron chi connectivity index (χ3n) is 3.77. The molecule has 0 spiro atoms. The number of rotatable bonds is 2. The van der Waals surface area contributed by atoms with E-state index in [0.29, 0.717) is 11.1 Å². The summed E-state index contributed by atoms with van der Waals surface area (Å²) in [7, 11) is 48.0. The molecule has 0 amide bonds. The lowest BCUT2D eigenvalue weighted by Crippen LogP contribution is -2.54. The Morgan fingerprint density at radius 2 is 1.16 bits per heavy atom. The Balaban J connectivity index is 3.84. The SMILES string of the molecule is [B]C1([B])C(C=C)=C(/C=C\C)C([B])([B])C([B])([B])C1([B])[B]. The molecule has 0 saturated heterocycles. The summed E-state index contributed by atoms with van der Waals surface area (Å²) in [4.78, 5) is 0. The fourth-order valence-corrected chi connectivity index (χ4v) is 2.25. The molecule has 19 heavy (non-hydrogen) atoms. The summed E-state index contributed by atoms with van der Waals surface area (Å²) >= 11 is 0. The highest BCUT2D eigenvalue weighted by molar-refractivity contribution is 6.67. The van der Waals surface area contributed by atoms with E-state index >= 15 is 0 Å². The first-order valence-corrected chi connectivity index (χ1v) is 5.71. The molecule has 0 N–H and O–H groups in total. The first-order chi connectivity index (χ1) is 8.39. The van der Waals surface area contributed by atoms with Crippen molar-refractivity contribution >= 4 is 62.8 Å². The minimum absolute atomic E-state index is 0.298. The highest BCUT2D eigenvalue weighted by Crippen LogP contribution is 2.73. The van der Waals surface area contributed by atoms with E-state index in [1.165, 1.54) is 6.08 Å². The predicted octanol–water partition coefficient (Wildman–Crippen LogP) is -0.129. The van der Waals surface area contributed by atoms with E-state index in [4.69, 9.17) is 62.8 Å². The highest BCUT2D eigenvalue weighted by atomic mass is 14.5. The quantitative estimate of drug-likeness (QED) is 0.576. The van der Waals surface area contributed by atoms with Gasteiger partial charge in [-0.1, -0.05) is 46.4 Å². The highest BCUT2D eigenvalue weighted by Gasteiger charge is 2.56. The van der Waals surface area contributed by atoms with Crippen molar-refractivity contribution in [3.63, 3.8) is 0 Å². The second-order valence-corrected chi connectivity index (χ2v) is 5.01. The zero-order valence-electron chi connectivity index (χ0n) is 11.1. The maximum atomic E-state index is 6.05. The summed E-state index contributed by atoms with van der Waals surface area (Å²) in [5.41, 5.74) is 0.638. The van der Waals surface area contributed by atoms with Gasteiger partial charge in [-0.2, -0.15) is 0 Å². The van der Waals surface area contributed by atoms with Crippen LogP contribution in [0, 0.1) is 0 Å². The van der Waals surface area contributed by atoms with E-state index in [9.17, 15) is 0 Å². The molecular formula is C11H8B8. The molecule has 0 heterocycles. The number of hydrogen-bond donors (Lipinski definition) is 0. The normalized spacial score (nSPS) is 27.2. The van der Waals surface area contributed by atoms with Crippen molar-refractivity contribution in [2.45, 2.75) is 27.8 Å². The molecule has 16 radical (unpaired) electrons. The smallest absolute Gasteiger partial charge is 0.0670 e. The molecule has 0 aromatic heterocycles. The summed E-state index contributed by atoms with van der Waals surface area (Å²) in [5.74, 6) is 0. The first kappa shape index (κ1) is 16.8. The van der Waals surface area contributed by atoms with E-state index in [-0.39, 0.29) is 0 Å². The first-order valence-electron chi connectivity index (χ1n) is 5.71. The van der Waals surface area contributed by atoms with Crippen LogP contribution in [-0.4, -0.2) is 62.8 Å². The van der Waals surface area contributed by atoms with Crippen LogP contribution >= 0.6 is 0 Å². The zero-order chi connectivity index (χ0) is 15.3. The standard InChI is InChI=1S/C11H8B8/c1-3-5-7-6(4-2)8(12,13)10(16,17)11(18,19)9(7,14)15/h3-5H,2H2,1H3/b5-3-. The molecule has 0 aromatic carbocycles. The van der Waals surface area contributed by atoms with Crippen LogP contribution in [0.15, 0.2) is 36.0 Å². The molecule has 8 heteroatoms. The molecule has 1 aliphatic rings. The van der Waals surface area contributed by atoms with E-state index in [0.717, 1.165) is 0 Å². The summed E-state index contributed by atoms with van der Waals surface area (Å²) < 4.78 is 0. The van der Waals surface area contributed by atoms with Crippen molar-refractivity contribution in [1.29, 1.82) is 0 Å². The molecule has 1 rings (SSSR count). The van der Waals surface area contributed by atoms with Gasteiger partial charge in [0.15, 0.2) is 0 Å². The minimum atomic E-state index is -1.95. The van der Waals surface area contributed by atoms with Crippen LogP contribution in [0.3, 0.4) is 0 Å². The van der Waals surface area contributed by atoms with Gasteiger partial charge in [-0.25, -0.2) is 0 Å². The zero-order valence-corrected chi connectivity index (χ0v) is 11.1. The van der Waals surface area contributed by atoms with Gasteiger partial charge in [0.1, 0.15) is 0 Å². The van der Waals surface area contributed by atoms with E-state index < -0.39 is 20.9 Å². The summed E-state index contributed by atoms with van der Waals surface area (Å²) in [6, 6.07) is 0. The molecule has 0 saturated carbocycles. The summed E-state index contributed by atoms with van der Waals surface area (Å²) in [6.07, 6.45) is 4.70. The Labute approximate surface area is 127 Å². The van der Waals surface area contributed by atoms with E-state index in [1.54, 1.807) is 19.1 Å². The van der Waals surface area contributed by atoms with Crippen LogP contribution in [0.1, 0.15) is 6.92 Å². The molecule has 0 fully saturated rings. The molecule has 0 bridgehead atoms. The van der Waals surface area contributed by atoms with Gasteiger partial charge in [0.05, 0.1) is 62.8 Å². The van der Waals surface area contributed by atoms with Gasteiger partial charge in [0.2, 0.25) is 0 Å². The lowest BCUT2D eigenvalue weighted by molar-refractivity contribution is 0.524. The molecule has 0 aromatic rings. The molecule has 0 aliphatic heterocycles. The van der Waals surface area contributed by atoms with Gasteiger partial charge in [0.25, 0.3) is 0 Å². The average molecular weight is 227 g/mol. The van der Waals surface area contributed by atoms with Crippen molar-refractivity contribution in [1.82, 2.24) is 0 Å². The minimum Gasteiger partial charge on any atom is -0.114 e. The van der Waals surface area contributed by atoms with Gasteiger partial charge in [-0.3, -0.25) is 0 Å². The maximum absolute atomic E-state index is 6.05. The molecule has 0 atom stereocenters. The third-order valence-corrected chi connectivity index (χ3v) is 3.77. The van der Waals surface area contributed by atoms with Crippen LogP contribution in [0.25, 0.3) is 0 Å². The molecule has 76 valence electrons. The monoisotopic (exact) mass is 228 g/mol. The second kappa shape index (κ2) is 4.64. The molecule has 1 aliphatic carbocycles. The lowest BCUT2D eigenvalue weighted by Gasteiger charge is -2.68. The second-order valence-electron chi connectivity index (χ2n) is 5.01. The van der Waals surface area contributed by atoms with Crippen molar-refractivity contribution in [3.05, 3.63) is 36.0 Å². The van der Waals surface area contributed by atoms with Crippen LogP contribution in [0.5, 0.6) is 0 Å². The molecule has 0 nitrogen and oxygen atoms in total. The Kier molecular flexibility index (Phi) is 4.10. The van der Waals surface area contributed by atoms with Crippen LogP contribution < -0.4 is 0 Å². The third kappa shape index (κ3) is 1.93. The van der Waals surface area contributed by atoms with Gasteiger partial charge in [0, 0.05) is 0 Å². The van der Waals surface area contributed by atoms with Crippen molar-refractivity contribution in [2.75, 3.05) is 0 Å². The predicted molar refractivity (Wildman–Crippen MR) is 88.8 cm³/mol. The van der Waals surface area contributed by atoms with E-state index in [2.05, 4.69) is 6.58 Å². The largest absolute Gasteiger partial charge is 0.114 e. The summed E-state index contributed by atoms with van der Waals surface area (Å²) in [6.45, 7) is 5.40. The van der Waals surface area contributed by atoms with Crippen LogP contribution in [-0.2, 0) is 0 Å². The Morgan fingerprint density at radius 3 is 1.47 bits per heavy atom. The Hall–Kier alpha value is -0.261. The molecular weight excluding hydrogens is 219 g/mol. The van der Waals surface area contributed by atoms with Crippen LogP contribution in [0.4, 0.5) is 0 Å². The van der Waals surface area contributed by atoms with Gasteiger partial charge in [-0.15, -0.1) is 10.4 Å². The Bertz CT molecular complexity index is 455. The number of hydrogen-bond acceptors (Lipinski definition) is 0. The van der Waals surface area contributed by atoms with Crippen molar-refractivity contribution < 1.29 is 0 Å². The van der Waals surface area contributed by atoms with Crippen molar-refractivity contribution in [2.24, 2.45) is 0 Å². The average Bonchev–Trinajstić information content (AvgIpc) is 2.26. The van der Waals surface area contributed by atoms with Gasteiger partial charge in [-0.05, 0) is 6.92 Å². The lowest BCUT2D eigenvalue weighted by atomic mass is 9.07. The topological polar surface area (TPSA) is 0 Å². The number of allylic oxidation sites excluding steroid dienone is 5. The Morgan fingerprint density at radius 1 is 0.789 bits per heavy atom. The van der Waals surface area contributed by atoms with Crippen LogP contribution in [0.2, 0.25) is 20.9 Å². The fourth-order valence-electron chi connectivity index (χ4n) is 2.25. The van der Waals surface area contributed by atoms with Gasteiger partial charge < -0.3 is 0 Å². The fraction of sp³-hybridized carbons (Fsp3) is 0.455. The molecule has 0 unspecified atom stereocenters. The van der Waals surface area contributed by atoms with Crippen molar-refractivity contribution in [3.8, 4) is 0 Å². The maximum Gasteiger partial charge on any atom is 0.0670 e. The van der Waals surface area contributed by atoms with Gasteiger partial charge >= 0.3 is 0 Å². The summed E-state index contributed by atoms with van der Waals surface area (Å²) in [5, 5.41) is -7.35.